The van der Waals surface area contributed by atoms with Gasteiger partial charge in [-0.25, -0.2) is 0 Å². The minimum atomic E-state index is 0.282. The van der Waals surface area contributed by atoms with Crippen LogP contribution in [-0.2, 0) is 11.3 Å². The lowest BCUT2D eigenvalue weighted by Crippen LogP contribution is -1.96. The fourth-order valence-corrected chi connectivity index (χ4v) is 1.61. The minimum absolute atomic E-state index is 0.282. The van der Waals surface area contributed by atoms with Crippen molar-refractivity contribution in [3.63, 3.8) is 0 Å². The van der Waals surface area contributed by atoms with Crippen LogP contribution in [0.5, 0.6) is 5.75 Å². The van der Waals surface area contributed by atoms with Crippen molar-refractivity contribution in [3.05, 3.63) is 65.6 Å². The molecule has 0 aromatic heterocycles. The molecule has 0 unspecified atom stereocenters. The quantitative estimate of drug-likeness (QED) is 0.330. The number of ether oxygens (including phenoxy) is 2. The maximum Gasteiger partial charge on any atom is 0.126 e. The molecule has 1 rings (SSSR count). The van der Waals surface area contributed by atoms with Crippen LogP contribution in [0.1, 0.15) is 5.56 Å². The lowest BCUT2D eigenvalue weighted by atomic mass is 10.2. The van der Waals surface area contributed by atoms with E-state index in [9.17, 15) is 0 Å². The minimum Gasteiger partial charge on any atom is -0.496 e. The molecule has 0 amide bonds. The van der Waals surface area contributed by atoms with Gasteiger partial charge < -0.3 is 9.47 Å². The third-order valence-electron chi connectivity index (χ3n) is 2.40. The van der Waals surface area contributed by atoms with Crippen molar-refractivity contribution in [3.8, 4) is 11.8 Å². The largest absolute Gasteiger partial charge is 0.496 e. The first-order valence-corrected chi connectivity index (χ1v) is 6.44. The van der Waals surface area contributed by atoms with Crippen LogP contribution in [0.2, 0.25) is 5.02 Å². The normalized spacial score (nSPS) is 11.6. The van der Waals surface area contributed by atoms with Crippen molar-refractivity contribution in [2.24, 2.45) is 4.99 Å². The molecule has 0 bridgehead atoms. The van der Waals surface area contributed by atoms with Crippen LogP contribution in [0, 0.1) is 11.3 Å². The van der Waals surface area contributed by atoms with Gasteiger partial charge in [-0.3, -0.25) is 4.99 Å². The summed E-state index contributed by atoms with van der Waals surface area (Å²) in [5.41, 5.74) is 0.846. The Bertz CT molecular complexity index is 613. The first-order chi connectivity index (χ1) is 10.2. The second kappa shape index (κ2) is 9.40. The number of aliphatic imine (C=N–C) groups is 1. The van der Waals surface area contributed by atoms with E-state index in [0.717, 1.165) is 5.56 Å². The van der Waals surface area contributed by atoms with E-state index < -0.39 is 0 Å². The summed E-state index contributed by atoms with van der Waals surface area (Å²) in [5.74, 6) is 1.14. The molecule has 1 aromatic rings. The Kier molecular flexibility index (Phi) is 7.41. The van der Waals surface area contributed by atoms with E-state index in [-0.39, 0.29) is 6.61 Å². The highest BCUT2D eigenvalue weighted by molar-refractivity contribution is 6.30. The summed E-state index contributed by atoms with van der Waals surface area (Å²) >= 11 is 5.91. The summed E-state index contributed by atoms with van der Waals surface area (Å²) in [7, 11) is 1.57. The van der Waals surface area contributed by atoms with E-state index >= 15 is 0 Å². The molecule has 0 saturated carbocycles. The standard InChI is InChI=1S/C16H15ClN2O2/c1-3-19-10-8-15(5-4-9-18)21-12-13-6-7-14(17)11-16(13)20-2/h3-8,10-11H,1,12H2,2H3/b5-4+,15-8+,19-10+. The zero-order valence-corrected chi connectivity index (χ0v) is 12.4. The second-order valence-corrected chi connectivity index (χ2v) is 4.19. The lowest BCUT2D eigenvalue weighted by molar-refractivity contribution is 0.207. The van der Waals surface area contributed by atoms with E-state index in [4.69, 9.17) is 26.3 Å². The molecular formula is C16H15ClN2O2. The second-order valence-electron chi connectivity index (χ2n) is 3.76. The lowest BCUT2D eigenvalue weighted by Gasteiger charge is -2.10. The van der Waals surface area contributed by atoms with Gasteiger partial charge in [0, 0.05) is 29.1 Å². The van der Waals surface area contributed by atoms with E-state index in [0.29, 0.717) is 16.5 Å². The molecule has 0 spiro atoms. The molecule has 0 saturated heterocycles. The van der Waals surface area contributed by atoms with Crippen molar-refractivity contribution in [1.82, 2.24) is 0 Å². The van der Waals surface area contributed by atoms with Crippen molar-refractivity contribution >= 4 is 17.8 Å². The number of hydrogen-bond acceptors (Lipinski definition) is 4. The smallest absolute Gasteiger partial charge is 0.126 e. The predicted octanol–water partition coefficient (Wildman–Crippen LogP) is 4.04. The van der Waals surface area contributed by atoms with E-state index in [2.05, 4.69) is 11.6 Å². The molecule has 108 valence electrons. The topological polar surface area (TPSA) is 54.6 Å². The monoisotopic (exact) mass is 302 g/mol. The molecule has 0 heterocycles. The van der Waals surface area contributed by atoms with Crippen LogP contribution in [0.25, 0.3) is 0 Å². The van der Waals surface area contributed by atoms with Crippen LogP contribution in [0.15, 0.2) is 60.0 Å². The van der Waals surface area contributed by atoms with E-state index in [1.165, 1.54) is 18.5 Å². The van der Waals surface area contributed by atoms with Gasteiger partial charge in [-0.15, -0.1) is 0 Å². The molecule has 0 atom stereocenters. The Labute approximate surface area is 129 Å². The molecule has 5 heteroatoms. The van der Waals surface area contributed by atoms with Gasteiger partial charge in [0.25, 0.3) is 0 Å². The zero-order chi connectivity index (χ0) is 15.5. The summed E-state index contributed by atoms with van der Waals surface area (Å²) < 4.78 is 10.9. The van der Waals surface area contributed by atoms with Crippen LogP contribution in [0.4, 0.5) is 0 Å². The predicted molar refractivity (Wildman–Crippen MR) is 84.3 cm³/mol. The Hall–Kier alpha value is -2.51. The molecule has 4 nitrogen and oxygen atoms in total. The van der Waals surface area contributed by atoms with Gasteiger partial charge in [0.1, 0.15) is 18.1 Å². The fraction of sp³-hybridized carbons (Fsp3) is 0.125. The molecule has 0 aliphatic rings. The highest BCUT2D eigenvalue weighted by Crippen LogP contribution is 2.24. The molecule has 1 aromatic carbocycles. The van der Waals surface area contributed by atoms with Gasteiger partial charge in [-0.05, 0) is 24.3 Å². The van der Waals surface area contributed by atoms with Gasteiger partial charge in [-0.1, -0.05) is 24.2 Å². The van der Waals surface area contributed by atoms with E-state index in [1.807, 2.05) is 12.1 Å². The first-order valence-electron chi connectivity index (χ1n) is 6.07. The molecule has 0 radical (unpaired) electrons. The molecule has 0 aliphatic carbocycles. The number of nitriles is 1. The summed E-state index contributed by atoms with van der Waals surface area (Å²) in [5, 5.41) is 9.17. The average Bonchev–Trinajstić information content (AvgIpc) is 2.50. The number of halogens is 1. The summed E-state index contributed by atoms with van der Waals surface area (Å²) in [6.07, 6.45) is 7.45. The number of nitrogens with zero attached hydrogens (tertiary/aromatic N) is 2. The maximum atomic E-state index is 8.58. The SMILES string of the molecule is C=C/N=C/C=C(\C=C\C#N)OCc1ccc(Cl)cc1OC. The average molecular weight is 303 g/mol. The first kappa shape index (κ1) is 16.5. The molecule has 21 heavy (non-hydrogen) atoms. The fourth-order valence-electron chi connectivity index (χ4n) is 1.45. The number of rotatable bonds is 7. The summed E-state index contributed by atoms with van der Waals surface area (Å²) in [6, 6.07) is 7.21. The van der Waals surface area contributed by atoms with E-state index in [1.54, 1.807) is 31.4 Å². The maximum absolute atomic E-state index is 8.58. The van der Waals surface area contributed by atoms with Crippen LogP contribution in [0.3, 0.4) is 0 Å². The molecular weight excluding hydrogens is 288 g/mol. The Morgan fingerprint density at radius 1 is 1.52 bits per heavy atom. The molecule has 0 N–H and O–H groups in total. The number of benzene rings is 1. The van der Waals surface area contributed by atoms with Gasteiger partial charge in [0.05, 0.1) is 13.2 Å². The van der Waals surface area contributed by atoms with Gasteiger partial charge in [-0.2, -0.15) is 5.26 Å². The van der Waals surface area contributed by atoms with Crippen molar-refractivity contribution in [1.29, 1.82) is 5.26 Å². The van der Waals surface area contributed by atoms with Gasteiger partial charge >= 0.3 is 0 Å². The Balaban J connectivity index is 2.84. The number of allylic oxidation sites excluding steroid dienone is 3. The van der Waals surface area contributed by atoms with Gasteiger partial charge in [0.2, 0.25) is 0 Å². The van der Waals surface area contributed by atoms with Crippen LogP contribution in [-0.4, -0.2) is 13.3 Å². The number of methoxy groups -OCH3 is 1. The Morgan fingerprint density at radius 3 is 3.00 bits per heavy atom. The zero-order valence-electron chi connectivity index (χ0n) is 11.6. The highest BCUT2D eigenvalue weighted by atomic mass is 35.5. The summed E-state index contributed by atoms with van der Waals surface area (Å²) in [6.45, 7) is 3.76. The summed E-state index contributed by atoms with van der Waals surface area (Å²) in [4.78, 5) is 3.84. The van der Waals surface area contributed by atoms with Gasteiger partial charge in [0.15, 0.2) is 0 Å². The van der Waals surface area contributed by atoms with Crippen LogP contribution < -0.4 is 4.74 Å². The highest BCUT2D eigenvalue weighted by Gasteiger charge is 2.05. The third-order valence-corrected chi connectivity index (χ3v) is 2.63. The number of hydrogen-bond donors (Lipinski definition) is 0. The Morgan fingerprint density at radius 2 is 2.33 bits per heavy atom. The molecule has 0 aliphatic heterocycles. The molecule has 0 fully saturated rings. The van der Waals surface area contributed by atoms with Crippen molar-refractivity contribution < 1.29 is 9.47 Å². The third kappa shape index (κ3) is 5.98. The van der Waals surface area contributed by atoms with Crippen molar-refractivity contribution in [2.75, 3.05) is 7.11 Å². The van der Waals surface area contributed by atoms with Crippen molar-refractivity contribution in [2.45, 2.75) is 6.61 Å². The van der Waals surface area contributed by atoms with Crippen LogP contribution >= 0.6 is 11.6 Å².